The largest absolute Gasteiger partial charge is 0.311 e. The van der Waals surface area contributed by atoms with E-state index >= 15 is 0 Å². The van der Waals surface area contributed by atoms with Crippen LogP contribution in [0.3, 0.4) is 0 Å². The molecule has 0 aliphatic heterocycles. The molecular weight excluding hydrogens is 901 g/mol. The maximum absolute atomic E-state index is 2.38. The van der Waals surface area contributed by atoms with E-state index in [1.807, 2.05) is 11.3 Å². The van der Waals surface area contributed by atoms with Crippen molar-refractivity contribution in [2.45, 2.75) is 0 Å². The Morgan fingerprint density at radius 1 is 0.233 bits per heavy atom. The van der Waals surface area contributed by atoms with Gasteiger partial charge in [0, 0.05) is 54.0 Å². The number of hydrogen-bond donors (Lipinski definition) is 0. The first kappa shape index (κ1) is 42.6. The Bertz CT molecular complexity index is 4310. The first-order valence-corrected chi connectivity index (χ1v) is 25.8. The Labute approximate surface area is 428 Å². The molecule has 14 rings (SSSR count). The molecule has 0 bridgehead atoms. The zero-order valence-corrected chi connectivity index (χ0v) is 40.7. The lowest BCUT2D eigenvalue weighted by molar-refractivity contribution is 1.28. The van der Waals surface area contributed by atoms with Crippen LogP contribution in [-0.2, 0) is 0 Å². The zero-order chi connectivity index (χ0) is 48.2. The van der Waals surface area contributed by atoms with E-state index < -0.39 is 0 Å². The number of para-hydroxylation sites is 1. The Balaban J connectivity index is 0.828. The summed E-state index contributed by atoms with van der Waals surface area (Å²) in [5.41, 5.74) is 13.8. The van der Waals surface area contributed by atoms with Crippen molar-refractivity contribution >= 4 is 109 Å². The molecule has 73 heavy (non-hydrogen) atoms. The predicted molar refractivity (Wildman–Crippen MR) is 315 cm³/mol. The molecule has 0 saturated heterocycles. The monoisotopic (exact) mass is 946 g/mol. The van der Waals surface area contributed by atoms with E-state index in [4.69, 9.17) is 0 Å². The molecule has 342 valence electrons. The van der Waals surface area contributed by atoms with Crippen molar-refractivity contribution in [2.24, 2.45) is 0 Å². The van der Waals surface area contributed by atoms with Gasteiger partial charge in [-0.05, 0) is 150 Å². The molecular formula is C70H46N2S. The molecule has 1 aromatic heterocycles. The Hall–Kier alpha value is -9.28. The van der Waals surface area contributed by atoms with Crippen molar-refractivity contribution in [2.75, 3.05) is 9.80 Å². The molecule has 0 radical (unpaired) electrons. The average molecular weight is 947 g/mol. The van der Waals surface area contributed by atoms with Gasteiger partial charge in [-0.3, -0.25) is 0 Å². The Morgan fingerprint density at radius 2 is 0.644 bits per heavy atom. The summed E-state index contributed by atoms with van der Waals surface area (Å²) >= 11 is 1.87. The summed E-state index contributed by atoms with van der Waals surface area (Å²) in [6, 6.07) is 102. The summed E-state index contributed by atoms with van der Waals surface area (Å²) < 4.78 is 2.64. The normalized spacial score (nSPS) is 11.6. The highest BCUT2D eigenvalue weighted by atomic mass is 32.1. The first-order chi connectivity index (χ1) is 36.2. The summed E-state index contributed by atoms with van der Waals surface area (Å²) in [5, 5.41) is 12.8. The second kappa shape index (κ2) is 17.8. The van der Waals surface area contributed by atoms with Crippen molar-refractivity contribution < 1.29 is 0 Å². The highest BCUT2D eigenvalue weighted by Crippen LogP contribution is 2.44. The second-order valence-corrected chi connectivity index (χ2v) is 19.9. The maximum atomic E-state index is 2.38. The number of anilines is 6. The number of benzene rings is 13. The van der Waals surface area contributed by atoms with E-state index in [9.17, 15) is 0 Å². The topological polar surface area (TPSA) is 6.48 Å². The molecule has 0 fully saturated rings. The van der Waals surface area contributed by atoms with Crippen LogP contribution in [0.4, 0.5) is 34.1 Å². The fraction of sp³-hybridized carbons (Fsp3) is 0. The molecule has 0 spiro atoms. The van der Waals surface area contributed by atoms with E-state index in [2.05, 4.69) is 289 Å². The van der Waals surface area contributed by atoms with Gasteiger partial charge in [0.1, 0.15) is 0 Å². The van der Waals surface area contributed by atoms with Crippen LogP contribution in [0.5, 0.6) is 0 Å². The second-order valence-electron chi connectivity index (χ2n) is 18.8. The Morgan fingerprint density at radius 3 is 1.26 bits per heavy atom. The minimum atomic E-state index is 1.09. The summed E-state index contributed by atoms with van der Waals surface area (Å²) in [7, 11) is 0. The highest BCUT2D eigenvalue weighted by Gasteiger charge is 2.18. The maximum Gasteiger partial charge on any atom is 0.0540 e. The molecule has 13 aromatic carbocycles. The molecule has 0 amide bonds. The van der Waals surface area contributed by atoms with Gasteiger partial charge in [0.25, 0.3) is 0 Å². The van der Waals surface area contributed by atoms with Gasteiger partial charge in [-0.1, -0.05) is 200 Å². The molecule has 2 nitrogen and oxygen atoms in total. The summed E-state index contributed by atoms with van der Waals surface area (Å²) in [6.07, 6.45) is 0. The van der Waals surface area contributed by atoms with E-state index in [-0.39, 0.29) is 0 Å². The quantitative estimate of drug-likeness (QED) is 0.133. The zero-order valence-electron chi connectivity index (χ0n) is 39.9. The van der Waals surface area contributed by atoms with Gasteiger partial charge in [0.05, 0.1) is 5.69 Å². The standard InChI is InChI=1S/C70H46N2S/c1-2-16-53(17-3-1)72(68-26-12-15-50-14-4-5-18-58(50)68)57-41-30-48(31-42-57)47-28-37-54(38-29-47)71(56-43-34-51(35-44-56)59-24-13-25-66-65-23-10-11-27-69(65)73-70(59)66)55-39-32-49(33-40-55)52-36-45-64-62-21-7-6-19-60(62)61-20-8-9-22-63(61)67(64)46-52/h1-46H. The molecule has 0 aliphatic carbocycles. The molecule has 14 aromatic rings. The van der Waals surface area contributed by atoms with Crippen molar-refractivity contribution in [3.63, 3.8) is 0 Å². The van der Waals surface area contributed by atoms with Crippen LogP contribution in [-0.4, -0.2) is 0 Å². The third-order valence-electron chi connectivity index (χ3n) is 14.7. The van der Waals surface area contributed by atoms with Crippen molar-refractivity contribution in [1.29, 1.82) is 0 Å². The minimum Gasteiger partial charge on any atom is -0.311 e. The fourth-order valence-electron chi connectivity index (χ4n) is 11.1. The van der Waals surface area contributed by atoms with E-state index in [0.717, 1.165) is 45.3 Å². The lowest BCUT2D eigenvalue weighted by atomic mass is 9.92. The first-order valence-electron chi connectivity index (χ1n) is 25.0. The van der Waals surface area contributed by atoms with Crippen molar-refractivity contribution in [3.8, 4) is 33.4 Å². The molecule has 0 N–H and O–H groups in total. The lowest BCUT2D eigenvalue weighted by Crippen LogP contribution is -2.10. The van der Waals surface area contributed by atoms with Gasteiger partial charge in [-0.25, -0.2) is 0 Å². The van der Waals surface area contributed by atoms with Crippen LogP contribution >= 0.6 is 11.3 Å². The van der Waals surface area contributed by atoms with Crippen LogP contribution in [0.25, 0.3) is 96.6 Å². The smallest absolute Gasteiger partial charge is 0.0540 e. The van der Waals surface area contributed by atoms with Crippen LogP contribution in [0.1, 0.15) is 0 Å². The molecule has 0 saturated carbocycles. The molecule has 0 atom stereocenters. The van der Waals surface area contributed by atoms with Crippen LogP contribution < -0.4 is 9.80 Å². The number of hydrogen-bond acceptors (Lipinski definition) is 3. The number of rotatable bonds is 9. The fourth-order valence-corrected chi connectivity index (χ4v) is 12.4. The summed E-state index contributed by atoms with van der Waals surface area (Å²) in [4.78, 5) is 4.73. The third kappa shape index (κ3) is 7.49. The number of nitrogens with zero attached hydrogens (tertiary/aromatic N) is 2. The third-order valence-corrected chi connectivity index (χ3v) is 15.9. The van der Waals surface area contributed by atoms with Crippen LogP contribution in [0.2, 0.25) is 0 Å². The van der Waals surface area contributed by atoms with Gasteiger partial charge >= 0.3 is 0 Å². The van der Waals surface area contributed by atoms with E-state index in [1.54, 1.807) is 0 Å². The predicted octanol–water partition coefficient (Wildman–Crippen LogP) is 20.6. The lowest BCUT2D eigenvalue weighted by Gasteiger charge is -2.27. The molecule has 0 aliphatic rings. The summed E-state index contributed by atoms with van der Waals surface area (Å²) in [5.74, 6) is 0. The van der Waals surface area contributed by atoms with Crippen LogP contribution in [0, 0.1) is 0 Å². The van der Waals surface area contributed by atoms with Gasteiger partial charge in [0.2, 0.25) is 0 Å². The van der Waals surface area contributed by atoms with Gasteiger partial charge in [-0.2, -0.15) is 0 Å². The van der Waals surface area contributed by atoms with Gasteiger partial charge in [0.15, 0.2) is 0 Å². The molecule has 0 unspecified atom stereocenters. The van der Waals surface area contributed by atoms with E-state index in [1.165, 1.54) is 85.5 Å². The van der Waals surface area contributed by atoms with Crippen molar-refractivity contribution in [1.82, 2.24) is 0 Å². The van der Waals surface area contributed by atoms with Gasteiger partial charge < -0.3 is 9.80 Å². The average Bonchev–Trinajstić information content (AvgIpc) is 3.86. The SMILES string of the molecule is c1ccc(N(c2ccc(-c3ccc(N(c4ccc(-c5ccc6c7ccccc7c7ccccc7c6c5)cc4)c4ccc(-c5cccc6c5sc5ccccc56)cc4)cc3)cc2)c2cccc3ccccc23)cc1. The van der Waals surface area contributed by atoms with Gasteiger partial charge in [-0.15, -0.1) is 11.3 Å². The van der Waals surface area contributed by atoms with E-state index in [0.29, 0.717) is 0 Å². The number of thiophene rings is 1. The van der Waals surface area contributed by atoms with Crippen LogP contribution in [0.15, 0.2) is 279 Å². The minimum absolute atomic E-state index is 1.09. The van der Waals surface area contributed by atoms with Crippen molar-refractivity contribution in [3.05, 3.63) is 279 Å². The highest BCUT2D eigenvalue weighted by molar-refractivity contribution is 7.26. The number of fused-ring (bicyclic) bond motifs is 10. The Kier molecular flexibility index (Phi) is 10.4. The molecule has 1 heterocycles. The molecule has 3 heteroatoms. The summed E-state index contributed by atoms with van der Waals surface area (Å²) in [6.45, 7) is 0.